The minimum absolute atomic E-state index is 0.0162. The van der Waals surface area contributed by atoms with Gasteiger partial charge in [0.1, 0.15) is 6.07 Å². The number of nitriles is 1. The summed E-state index contributed by atoms with van der Waals surface area (Å²) in [5.74, 6) is 0.144. The monoisotopic (exact) mass is 281 g/mol. The van der Waals surface area contributed by atoms with Crippen molar-refractivity contribution in [3.8, 4) is 6.07 Å². The van der Waals surface area contributed by atoms with Crippen molar-refractivity contribution in [1.29, 1.82) is 5.26 Å². The van der Waals surface area contributed by atoms with Gasteiger partial charge in [-0.3, -0.25) is 4.90 Å². The van der Waals surface area contributed by atoms with E-state index >= 15 is 0 Å². The fraction of sp³-hybridized carbons (Fsp3) is 0.455. The molecule has 2 rings (SSSR count). The molecule has 1 aliphatic heterocycles. The highest BCUT2D eigenvalue weighted by molar-refractivity contribution is 6.30. The van der Waals surface area contributed by atoms with Crippen LogP contribution in [0.3, 0.4) is 0 Å². The van der Waals surface area contributed by atoms with Gasteiger partial charge in [-0.25, -0.2) is 14.8 Å². The molecule has 2 heterocycles. The molecule has 2 N–H and O–H groups in total. The van der Waals surface area contributed by atoms with Gasteiger partial charge in [0.2, 0.25) is 0 Å². The van der Waals surface area contributed by atoms with E-state index in [4.69, 9.17) is 16.9 Å². The summed E-state index contributed by atoms with van der Waals surface area (Å²) in [5.41, 5.74) is -0.0162. The van der Waals surface area contributed by atoms with Crippen LogP contribution < -0.4 is 10.2 Å². The minimum Gasteiger partial charge on any atom is -0.465 e. The Labute approximate surface area is 114 Å². The number of piperidine rings is 1. The SMILES string of the molecule is N#Cc1ncc(N(C(=O)O)C2CCCNC2)nc1Cl. The second kappa shape index (κ2) is 5.82. The molecule has 1 fully saturated rings. The lowest BCUT2D eigenvalue weighted by Gasteiger charge is -2.31. The molecule has 1 amide bonds. The van der Waals surface area contributed by atoms with Crippen LogP contribution in [0.4, 0.5) is 10.6 Å². The quantitative estimate of drug-likeness (QED) is 0.845. The summed E-state index contributed by atoms with van der Waals surface area (Å²) >= 11 is 5.79. The molecule has 100 valence electrons. The van der Waals surface area contributed by atoms with Crippen LogP contribution in [0.1, 0.15) is 18.5 Å². The first-order valence-corrected chi connectivity index (χ1v) is 6.16. The van der Waals surface area contributed by atoms with Crippen molar-refractivity contribution < 1.29 is 9.90 Å². The number of nitrogens with one attached hydrogen (secondary N) is 1. The molecule has 0 aromatic carbocycles. The van der Waals surface area contributed by atoms with E-state index in [1.807, 2.05) is 0 Å². The second-order valence-electron chi connectivity index (χ2n) is 4.13. The van der Waals surface area contributed by atoms with Crippen LogP contribution in [0.2, 0.25) is 5.15 Å². The van der Waals surface area contributed by atoms with E-state index in [1.165, 1.54) is 6.20 Å². The first kappa shape index (κ1) is 13.5. The summed E-state index contributed by atoms with van der Waals surface area (Å²) in [4.78, 5) is 20.3. The Balaban J connectivity index is 2.31. The lowest BCUT2D eigenvalue weighted by molar-refractivity contribution is 0.197. The topological polar surface area (TPSA) is 102 Å². The summed E-state index contributed by atoms with van der Waals surface area (Å²) in [6, 6.07) is 1.58. The van der Waals surface area contributed by atoms with Crippen LogP contribution in [-0.4, -0.2) is 40.3 Å². The van der Waals surface area contributed by atoms with Crippen LogP contribution >= 0.6 is 11.6 Å². The third kappa shape index (κ3) is 2.92. The van der Waals surface area contributed by atoms with Crippen LogP contribution in [0.5, 0.6) is 0 Å². The van der Waals surface area contributed by atoms with Gasteiger partial charge < -0.3 is 10.4 Å². The van der Waals surface area contributed by atoms with Gasteiger partial charge >= 0.3 is 6.09 Å². The third-order valence-corrected chi connectivity index (χ3v) is 3.18. The molecule has 0 spiro atoms. The third-order valence-electron chi connectivity index (χ3n) is 2.91. The van der Waals surface area contributed by atoms with Gasteiger partial charge in [0.05, 0.1) is 12.2 Å². The zero-order chi connectivity index (χ0) is 13.8. The molecule has 1 unspecified atom stereocenters. The predicted octanol–water partition coefficient (Wildman–Crippen LogP) is 1.24. The van der Waals surface area contributed by atoms with Crippen molar-refractivity contribution in [3.63, 3.8) is 0 Å². The van der Waals surface area contributed by atoms with Crippen molar-refractivity contribution in [1.82, 2.24) is 15.3 Å². The van der Waals surface area contributed by atoms with Crippen LogP contribution in [0.25, 0.3) is 0 Å². The summed E-state index contributed by atoms with van der Waals surface area (Å²) < 4.78 is 0. The number of amides is 1. The first-order chi connectivity index (χ1) is 9.13. The van der Waals surface area contributed by atoms with Gasteiger partial charge in [-0.15, -0.1) is 0 Å². The Morgan fingerprint density at radius 1 is 1.68 bits per heavy atom. The number of carbonyl (C=O) groups is 1. The number of hydrogen-bond acceptors (Lipinski definition) is 5. The Kier molecular flexibility index (Phi) is 4.14. The maximum Gasteiger partial charge on any atom is 0.413 e. The number of anilines is 1. The van der Waals surface area contributed by atoms with Crippen molar-refractivity contribution in [2.24, 2.45) is 0 Å². The average molecular weight is 282 g/mol. The Bertz CT molecular complexity index is 524. The standard InChI is InChI=1S/C11H12ClN5O2/c12-10-8(4-13)15-6-9(16-10)17(11(18)19)7-2-1-3-14-5-7/h6-7,14H,1-3,5H2,(H,18,19). The molecule has 0 saturated carbocycles. The molecule has 1 saturated heterocycles. The molecule has 1 aliphatic rings. The van der Waals surface area contributed by atoms with E-state index in [-0.39, 0.29) is 22.7 Å². The lowest BCUT2D eigenvalue weighted by Crippen LogP contribution is -2.49. The predicted molar refractivity (Wildman–Crippen MR) is 68.2 cm³/mol. The number of carboxylic acid groups (broad SMARTS) is 1. The maximum absolute atomic E-state index is 11.4. The van der Waals surface area contributed by atoms with Gasteiger partial charge in [0.15, 0.2) is 16.7 Å². The van der Waals surface area contributed by atoms with Gasteiger partial charge in [0, 0.05) is 6.54 Å². The average Bonchev–Trinajstić information content (AvgIpc) is 2.40. The van der Waals surface area contributed by atoms with E-state index in [2.05, 4.69) is 15.3 Å². The zero-order valence-electron chi connectivity index (χ0n) is 10.0. The van der Waals surface area contributed by atoms with Crippen molar-refractivity contribution >= 4 is 23.5 Å². The summed E-state index contributed by atoms with van der Waals surface area (Å²) in [5, 5.41) is 21.1. The highest BCUT2D eigenvalue weighted by Gasteiger charge is 2.28. The highest BCUT2D eigenvalue weighted by atomic mass is 35.5. The maximum atomic E-state index is 11.4. The molecule has 0 aliphatic carbocycles. The summed E-state index contributed by atoms with van der Waals surface area (Å²) in [6.07, 6.45) is 1.79. The molecule has 0 bridgehead atoms. The van der Waals surface area contributed by atoms with E-state index < -0.39 is 6.09 Å². The van der Waals surface area contributed by atoms with Crippen molar-refractivity contribution in [3.05, 3.63) is 17.0 Å². The molecular formula is C11H12ClN5O2. The van der Waals surface area contributed by atoms with Crippen LogP contribution in [-0.2, 0) is 0 Å². The number of rotatable bonds is 2. The van der Waals surface area contributed by atoms with Gasteiger partial charge in [-0.2, -0.15) is 5.26 Å². The molecule has 1 aromatic heterocycles. The lowest BCUT2D eigenvalue weighted by atomic mass is 10.1. The van der Waals surface area contributed by atoms with Gasteiger partial charge in [0.25, 0.3) is 0 Å². The minimum atomic E-state index is -1.11. The van der Waals surface area contributed by atoms with Gasteiger partial charge in [-0.1, -0.05) is 11.6 Å². The molecule has 19 heavy (non-hydrogen) atoms. The molecule has 1 atom stereocenters. The Morgan fingerprint density at radius 3 is 3.00 bits per heavy atom. The molecular weight excluding hydrogens is 270 g/mol. The zero-order valence-corrected chi connectivity index (χ0v) is 10.8. The molecule has 0 radical (unpaired) electrons. The Morgan fingerprint density at radius 2 is 2.47 bits per heavy atom. The Hall–Kier alpha value is -1.91. The molecule has 7 nitrogen and oxygen atoms in total. The van der Waals surface area contributed by atoms with E-state index in [0.717, 1.165) is 24.3 Å². The summed E-state index contributed by atoms with van der Waals surface area (Å²) in [6.45, 7) is 1.44. The second-order valence-corrected chi connectivity index (χ2v) is 4.49. The summed E-state index contributed by atoms with van der Waals surface area (Å²) in [7, 11) is 0. The number of hydrogen-bond donors (Lipinski definition) is 2. The number of aromatic nitrogens is 2. The van der Waals surface area contributed by atoms with E-state index in [0.29, 0.717) is 6.54 Å². The number of halogens is 1. The smallest absolute Gasteiger partial charge is 0.413 e. The normalized spacial score (nSPS) is 18.6. The highest BCUT2D eigenvalue weighted by Crippen LogP contribution is 2.21. The van der Waals surface area contributed by atoms with Crippen LogP contribution in [0.15, 0.2) is 6.20 Å². The fourth-order valence-corrected chi connectivity index (χ4v) is 2.22. The first-order valence-electron chi connectivity index (χ1n) is 5.79. The van der Waals surface area contributed by atoms with Crippen molar-refractivity contribution in [2.45, 2.75) is 18.9 Å². The van der Waals surface area contributed by atoms with Crippen molar-refractivity contribution in [2.75, 3.05) is 18.0 Å². The molecule has 8 heteroatoms. The number of nitrogens with zero attached hydrogens (tertiary/aromatic N) is 4. The fourth-order valence-electron chi connectivity index (χ4n) is 2.04. The van der Waals surface area contributed by atoms with Crippen LogP contribution in [0, 0.1) is 11.3 Å². The van der Waals surface area contributed by atoms with E-state index in [9.17, 15) is 9.90 Å². The molecule has 1 aromatic rings. The largest absolute Gasteiger partial charge is 0.465 e. The van der Waals surface area contributed by atoms with Gasteiger partial charge in [-0.05, 0) is 19.4 Å². The van der Waals surface area contributed by atoms with E-state index in [1.54, 1.807) is 6.07 Å².